The van der Waals surface area contributed by atoms with E-state index in [1.54, 1.807) is 37.9 Å². The highest BCUT2D eigenvalue weighted by Gasteiger charge is 2.31. The van der Waals surface area contributed by atoms with E-state index in [1.807, 2.05) is 0 Å². The van der Waals surface area contributed by atoms with Gasteiger partial charge in [-0.25, -0.2) is 29.5 Å². The maximum Gasteiger partial charge on any atom is 0.404 e. The fourth-order valence-electron chi connectivity index (χ4n) is 8.63. The topological polar surface area (TPSA) is 257 Å². The number of aryl methyl sites for hydroxylation is 2. The Balaban J connectivity index is 0.000000234. The van der Waals surface area contributed by atoms with Gasteiger partial charge in [-0.05, 0) is 51.4 Å². The molecule has 4 atom stereocenters. The number of methoxy groups -OCH3 is 2. The molecule has 6 rings (SSSR count). The van der Waals surface area contributed by atoms with Crippen LogP contribution < -0.4 is 42.1 Å². The normalized spacial score (nSPS) is 20.0. The molecule has 0 unspecified atom stereocenters. The van der Waals surface area contributed by atoms with Crippen LogP contribution in [0.4, 0.5) is 41.6 Å². The lowest BCUT2D eigenvalue weighted by Crippen LogP contribution is -2.42. The number of halogens is 2. The number of aromatic nitrogens is 4. The van der Waals surface area contributed by atoms with E-state index in [1.165, 1.54) is 0 Å². The van der Waals surface area contributed by atoms with E-state index < -0.39 is 47.5 Å². The molecule has 0 radical (unpaired) electrons. The van der Waals surface area contributed by atoms with Crippen LogP contribution in [0.1, 0.15) is 88.7 Å². The monoisotopic (exact) mass is 876 g/mol. The summed E-state index contributed by atoms with van der Waals surface area (Å²) in [4.78, 5) is 67.4. The van der Waals surface area contributed by atoms with Crippen LogP contribution in [0.15, 0.2) is 0 Å². The molecule has 4 heterocycles. The van der Waals surface area contributed by atoms with Crippen LogP contribution in [0.25, 0.3) is 0 Å². The van der Waals surface area contributed by atoms with E-state index in [4.69, 9.17) is 19.7 Å². The van der Waals surface area contributed by atoms with Crippen LogP contribution in [-0.2, 0) is 19.1 Å². The number of amides is 4. The fraction of sp³-hybridized carbons (Fsp3) is 0.700. The summed E-state index contributed by atoms with van der Waals surface area (Å²) in [5, 5.41) is 22.4. The second-order valence-electron chi connectivity index (χ2n) is 16.5. The quantitative estimate of drug-likeness (QED) is 0.0981. The van der Waals surface area contributed by atoms with E-state index in [2.05, 4.69) is 52.3 Å². The Morgan fingerprint density at radius 3 is 1.34 bits per heavy atom. The number of carbonyl (C=O) groups is 4. The molecule has 22 heteroatoms. The van der Waals surface area contributed by atoms with Gasteiger partial charge in [0.15, 0.2) is 23.3 Å². The number of nitrogens with zero attached hydrogens (tertiary/aromatic N) is 6. The van der Waals surface area contributed by atoms with Crippen molar-refractivity contribution < 1.29 is 47.6 Å². The Morgan fingerprint density at radius 2 is 1.02 bits per heavy atom. The van der Waals surface area contributed by atoms with Crippen LogP contribution >= 0.6 is 0 Å². The summed E-state index contributed by atoms with van der Waals surface area (Å²) in [6, 6.07) is 0. The summed E-state index contributed by atoms with van der Waals surface area (Å²) < 4.78 is 40.8. The predicted molar refractivity (Wildman–Crippen MR) is 224 cm³/mol. The van der Waals surface area contributed by atoms with Gasteiger partial charge < -0.3 is 40.1 Å². The van der Waals surface area contributed by atoms with Gasteiger partial charge in [-0.15, -0.1) is 0 Å². The van der Waals surface area contributed by atoms with Crippen molar-refractivity contribution >= 4 is 47.3 Å². The zero-order valence-corrected chi connectivity index (χ0v) is 36.0. The molecule has 8 N–H and O–H groups in total. The maximum atomic E-state index is 15.1. The van der Waals surface area contributed by atoms with Crippen LogP contribution in [-0.4, -0.2) is 120 Å². The maximum absolute atomic E-state index is 15.1. The smallest absolute Gasteiger partial charge is 0.404 e. The molecule has 2 aliphatic carbocycles. The number of hydrazine groups is 2. The lowest BCUT2D eigenvalue weighted by atomic mass is 9.92. The number of hydrogen-bond donors (Lipinski definition) is 8. The van der Waals surface area contributed by atoms with Crippen molar-refractivity contribution in [3.8, 4) is 0 Å². The third-order valence-corrected chi connectivity index (χ3v) is 12.0. The van der Waals surface area contributed by atoms with Crippen LogP contribution in [0, 0.1) is 49.2 Å². The van der Waals surface area contributed by atoms with Gasteiger partial charge in [0, 0.05) is 53.5 Å². The molecule has 4 fully saturated rings. The molecular weight excluding hydrogens is 815 g/mol. The molecule has 0 bridgehead atoms. The van der Waals surface area contributed by atoms with Gasteiger partial charge in [0.1, 0.15) is 11.6 Å². The van der Waals surface area contributed by atoms with Gasteiger partial charge in [-0.3, -0.25) is 31.3 Å². The first-order chi connectivity index (χ1) is 29.7. The Morgan fingerprint density at radius 1 is 0.645 bits per heavy atom. The van der Waals surface area contributed by atoms with E-state index in [0.717, 1.165) is 64.2 Å². The molecule has 62 heavy (non-hydrogen) atoms. The van der Waals surface area contributed by atoms with E-state index >= 15 is 8.78 Å². The van der Waals surface area contributed by atoms with Crippen LogP contribution in [0.3, 0.4) is 0 Å². The predicted octanol–water partition coefficient (Wildman–Crippen LogP) is 4.11. The van der Waals surface area contributed by atoms with E-state index in [-0.39, 0.29) is 48.6 Å². The molecule has 4 amide bonds. The largest absolute Gasteiger partial charge is 0.465 e. The fourth-order valence-corrected chi connectivity index (χ4v) is 8.63. The van der Waals surface area contributed by atoms with Crippen molar-refractivity contribution in [3.05, 3.63) is 23.3 Å². The molecule has 2 aromatic heterocycles. The molecule has 4 aliphatic rings. The van der Waals surface area contributed by atoms with Gasteiger partial charge in [0.25, 0.3) is 0 Å². The van der Waals surface area contributed by atoms with E-state index in [9.17, 15) is 19.2 Å². The molecule has 0 spiro atoms. The summed E-state index contributed by atoms with van der Waals surface area (Å²) in [5.41, 5.74) is 10.2. The average molecular weight is 877 g/mol. The standard InChI is InChI=1S/2C20H31FN6O4/c2*1-12-23-17(16(21)18(24-12)27-8-7-15(11-27)31-2)25-26-19(28)14(10-22-20(29)30)9-13-5-3-4-6-13/h2*13-15,22H,3-11H2,1-2H3,(H,26,28)(H,29,30)(H,23,24,25)/t2*14-,15+/m11/s1. The first-order valence-corrected chi connectivity index (χ1v) is 21.4. The lowest BCUT2D eigenvalue weighted by Gasteiger charge is -2.22. The number of carbonyl (C=O) groups excluding carboxylic acids is 2. The zero-order chi connectivity index (χ0) is 44.8. The second-order valence-corrected chi connectivity index (χ2v) is 16.5. The highest BCUT2D eigenvalue weighted by atomic mass is 19.1. The first-order valence-electron chi connectivity index (χ1n) is 21.4. The van der Waals surface area contributed by atoms with Gasteiger partial charge in [0.2, 0.25) is 23.4 Å². The minimum atomic E-state index is -1.18. The molecule has 2 aliphatic heterocycles. The Labute approximate surface area is 360 Å². The highest BCUT2D eigenvalue weighted by molar-refractivity contribution is 5.81. The van der Waals surface area contributed by atoms with Gasteiger partial charge in [-0.1, -0.05) is 51.4 Å². The third-order valence-electron chi connectivity index (χ3n) is 12.0. The molecule has 2 aromatic rings. The first kappa shape index (κ1) is 47.7. The Kier molecular flexibility index (Phi) is 17.8. The van der Waals surface area contributed by atoms with Crippen LogP contribution in [0.5, 0.6) is 0 Å². The molecule has 344 valence electrons. The third kappa shape index (κ3) is 13.8. The molecule has 20 nitrogen and oxygen atoms in total. The number of rotatable bonds is 18. The molecule has 0 aromatic carbocycles. The van der Waals surface area contributed by atoms with Crippen molar-refractivity contribution in [2.75, 3.05) is 74.1 Å². The Hall–Kier alpha value is -5.38. The zero-order valence-electron chi connectivity index (χ0n) is 36.0. The summed E-state index contributed by atoms with van der Waals surface area (Å²) in [6.07, 6.45) is 9.01. The van der Waals surface area contributed by atoms with Crippen molar-refractivity contribution in [2.45, 2.75) is 103 Å². The number of nitrogens with one attached hydrogen (secondary N) is 6. The van der Waals surface area contributed by atoms with Gasteiger partial charge >= 0.3 is 12.2 Å². The van der Waals surface area contributed by atoms with Gasteiger partial charge in [0.05, 0.1) is 24.0 Å². The number of anilines is 4. The second kappa shape index (κ2) is 23.2. The molecule has 2 saturated heterocycles. The lowest BCUT2D eigenvalue weighted by molar-refractivity contribution is -0.125. The minimum Gasteiger partial charge on any atom is -0.465 e. The number of carboxylic acid groups (broad SMARTS) is 2. The van der Waals surface area contributed by atoms with E-state index in [0.29, 0.717) is 62.5 Å². The van der Waals surface area contributed by atoms with Gasteiger partial charge in [-0.2, -0.15) is 8.78 Å². The minimum absolute atomic E-state index is 0.00205. The summed E-state index contributed by atoms with van der Waals surface area (Å²) >= 11 is 0. The van der Waals surface area contributed by atoms with Crippen molar-refractivity contribution in [2.24, 2.45) is 23.7 Å². The Bertz CT molecular complexity index is 1710. The average Bonchev–Trinajstić information content (AvgIpc) is 4.10. The summed E-state index contributed by atoms with van der Waals surface area (Å²) in [7, 11) is 3.25. The molecule has 2 saturated carbocycles. The van der Waals surface area contributed by atoms with Crippen molar-refractivity contribution in [1.82, 2.24) is 41.4 Å². The summed E-state index contributed by atoms with van der Waals surface area (Å²) in [6.45, 7) is 5.59. The number of hydrogen-bond acceptors (Lipinski definition) is 14. The SMILES string of the molecule is CO[C@H]1CCN(c2nc(C)nc(NNC(=O)[C@@H](CNC(=O)O)CC3CCCC3)c2F)C1.CO[C@H]1CCN(c2nc(C)nc(NNC(=O)[C@@H](CNC(=O)O)CC3CCCC3)c2F)C1. The molecular formula is C40H62F2N12O8. The van der Waals surface area contributed by atoms with Crippen LogP contribution in [0.2, 0.25) is 0 Å². The van der Waals surface area contributed by atoms with Crippen molar-refractivity contribution in [1.29, 1.82) is 0 Å². The number of ether oxygens (including phenoxy) is 2. The highest BCUT2D eigenvalue weighted by Crippen LogP contribution is 2.32. The van der Waals surface area contributed by atoms with Crippen molar-refractivity contribution in [3.63, 3.8) is 0 Å². The summed E-state index contributed by atoms with van der Waals surface area (Å²) in [5.74, 6) is -1.64.